The molecule has 1 aliphatic rings. The third kappa shape index (κ3) is 2.11. The van der Waals surface area contributed by atoms with Crippen LogP contribution in [0.1, 0.15) is 13.3 Å². The summed E-state index contributed by atoms with van der Waals surface area (Å²) in [5.74, 6) is -0.0569. The molecule has 0 aromatic heterocycles. The zero-order valence-electron chi connectivity index (χ0n) is 6.13. The first-order chi connectivity index (χ1) is 4.83. The van der Waals surface area contributed by atoms with Crippen LogP contribution in [0.2, 0.25) is 5.54 Å². The molecule has 0 amide bonds. The molecule has 10 heavy (non-hydrogen) atoms. The molecule has 0 aliphatic carbocycles. The molecule has 0 spiro atoms. The molecule has 0 radical (unpaired) electrons. The summed E-state index contributed by atoms with van der Waals surface area (Å²) in [6.07, 6.45) is 0.501. The summed E-state index contributed by atoms with van der Waals surface area (Å²) < 4.78 is 9.96. The largest absolute Gasteiger partial charge is 0.524 e. The van der Waals surface area contributed by atoms with Crippen molar-refractivity contribution in [3.8, 4) is 0 Å². The van der Waals surface area contributed by atoms with Crippen molar-refractivity contribution in [1.82, 2.24) is 0 Å². The van der Waals surface area contributed by atoms with Gasteiger partial charge >= 0.3 is 0 Å². The van der Waals surface area contributed by atoms with E-state index in [1.54, 1.807) is 0 Å². The van der Waals surface area contributed by atoms with Crippen molar-refractivity contribution in [2.45, 2.75) is 18.9 Å². The van der Waals surface area contributed by atoms with E-state index in [0.717, 1.165) is 13.2 Å². The molecule has 3 nitrogen and oxygen atoms in total. The Kier molecular flexibility index (Phi) is 2.89. The van der Waals surface area contributed by atoms with E-state index in [4.69, 9.17) is 9.16 Å². The van der Waals surface area contributed by atoms with E-state index in [1.165, 1.54) is 0 Å². The van der Waals surface area contributed by atoms with Crippen LogP contribution in [0, 0.1) is 0 Å². The Morgan fingerprint density at radius 1 is 1.80 bits per heavy atom. The molecular formula is C6H12O3Si. The van der Waals surface area contributed by atoms with Gasteiger partial charge in [0.2, 0.25) is 9.76 Å². The molecule has 0 N–H and O–H groups in total. The van der Waals surface area contributed by atoms with Crippen LogP contribution in [0.3, 0.4) is 0 Å². The molecule has 1 fully saturated rings. The maximum atomic E-state index is 10.6. The summed E-state index contributed by atoms with van der Waals surface area (Å²) in [4.78, 5) is 10.6. The van der Waals surface area contributed by atoms with E-state index in [2.05, 4.69) is 0 Å². The van der Waals surface area contributed by atoms with Crippen molar-refractivity contribution < 1.29 is 14.0 Å². The van der Waals surface area contributed by atoms with Crippen LogP contribution < -0.4 is 0 Å². The first-order valence-electron chi connectivity index (χ1n) is 3.56. The number of ether oxygens (including phenoxy) is 1. The third-order valence-electron chi connectivity index (χ3n) is 1.48. The van der Waals surface area contributed by atoms with Crippen LogP contribution in [0.5, 0.6) is 0 Å². The van der Waals surface area contributed by atoms with E-state index < -0.39 is 9.76 Å². The summed E-state index contributed by atoms with van der Waals surface area (Å²) in [6.45, 7) is 3.43. The minimum absolute atomic E-state index is 0.0569. The van der Waals surface area contributed by atoms with Gasteiger partial charge in [-0.2, -0.15) is 0 Å². The van der Waals surface area contributed by atoms with E-state index >= 15 is 0 Å². The van der Waals surface area contributed by atoms with Crippen LogP contribution in [-0.2, 0) is 14.0 Å². The molecule has 1 aliphatic heterocycles. The number of carbonyl (C=O) groups excluding carboxylic acids is 1. The van der Waals surface area contributed by atoms with Crippen molar-refractivity contribution in [2.75, 3.05) is 13.2 Å². The maximum Gasteiger partial charge on any atom is 0.291 e. The standard InChI is InChI=1S/C6H12O3Si/c1-2-6(7)9-10-5-3-8-4-5/h5H,2-4,10H2,1H3. The fourth-order valence-corrected chi connectivity index (χ4v) is 1.85. The van der Waals surface area contributed by atoms with E-state index in [-0.39, 0.29) is 5.97 Å². The second-order valence-corrected chi connectivity index (χ2v) is 4.22. The van der Waals surface area contributed by atoms with Crippen LogP contribution in [-0.4, -0.2) is 28.9 Å². The molecule has 1 saturated heterocycles. The van der Waals surface area contributed by atoms with Crippen molar-refractivity contribution in [1.29, 1.82) is 0 Å². The monoisotopic (exact) mass is 160 g/mol. The average Bonchev–Trinajstić information content (AvgIpc) is 1.84. The molecule has 0 atom stereocenters. The van der Waals surface area contributed by atoms with Crippen LogP contribution in [0.15, 0.2) is 0 Å². The molecule has 0 bridgehead atoms. The first-order valence-corrected chi connectivity index (χ1v) is 4.95. The highest BCUT2D eigenvalue weighted by Crippen LogP contribution is 2.14. The highest BCUT2D eigenvalue weighted by molar-refractivity contribution is 6.33. The number of hydrogen-bond donors (Lipinski definition) is 0. The molecule has 1 rings (SSSR count). The third-order valence-corrected chi connectivity index (χ3v) is 2.91. The predicted octanol–water partition coefficient (Wildman–Crippen LogP) is -0.158. The smallest absolute Gasteiger partial charge is 0.291 e. The molecule has 0 saturated carbocycles. The normalized spacial score (nSPS) is 19.3. The van der Waals surface area contributed by atoms with Crippen molar-refractivity contribution >= 4 is 15.7 Å². The number of carbonyl (C=O) groups is 1. The molecule has 0 aromatic rings. The lowest BCUT2D eigenvalue weighted by atomic mass is 10.4. The summed E-state index contributed by atoms with van der Waals surface area (Å²) >= 11 is 0. The van der Waals surface area contributed by atoms with Crippen LogP contribution in [0.25, 0.3) is 0 Å². The summed E-state index contributed by atoms with van der Waals surface area (Å²) in [7, 11) is -0.611. The van der Waals surface area contributed by atoms with Gasteiger partial charge in [-0.15, -0.1) is 0 Å². The fourth-order valence-electron chi connectivity index (χ4n) is 0.694. The number of hydrogen-bond acceptors (Lipinski definition) is 3. The Hall–Kier alpha value is -0.353. The summed E-state index contributed by atoms with van der Waals surface area (Å²) in [6, 6.07) is 0. The van der Waals surface area contributed by atoms with Gasteiger partial charge in [-0.1, -0.05) is 6.92 Å². The maximum absolute atomic E-state index is 10.6. The molecule has 0 aromatic carbocycles. The predicted molar refractivity (Wildman–Crippen MR) is 39.5 cm³/mol. The van der Waals surface area contributed by atoms with Crippen molar-refractivity contribution in [3.05, 3.63) is 0 Å². The fraction of sp³-hybridized carbons (Fsp3) is 0.833. The topological polar surface area (TPSA) is 35.5 Å². The van der Waals surface area contributed by atoms with E-state index in [9.17, 15) is 4.79 Å². The van der Waals surface area contributed by atoms with Gasteiger partial charge in [0.15, 0.2) is 0 Å². The molecule has 58 valence electrons. The van der Waals surface area contributed by atoms with E-state index in [1.807, 2.05) is 6.92 Å². The first kappa shape index (κ1) is 7.75. The van der Waals surface area contributed by atoms with Crippen LogP contribution >= 0.6 is 0 Å². The molecule has 0 unspecified atom stereocenters. The Labute approximate surface area is 62.6 Å². The molecule has 1 heterocycles. The lowest BCUT2D eigenvalue weighted by molar-refractivity contribution is -0.134. The Bertz CT molecular complexity index is 122. The highest BCUT2D eigenvalue weighted by Gasteiger charge is 2.20. The lowest BCUT2D eigenvalue weighted by Gasteiger charge is -2.24. The van der Waals surface area contributed by atoms with Gasteiger partial charge in [-0.25, -0.2) is 0 Å². The quantitative estimate of drug-likeness (QED) is 0.538. The zero-order chi connectivity index (χ0) is 7.40. The molecule has 4 heteroatoms. The van der Waals surface area contributed by atoms with Gasteiger partial charge in [0.25, 0.3) is 5.97 Å². The lowest BCUT2D eigenvalue weighted by Crippen LogP contribution is -2.29. The van der Waals surface area contributed by atoms with Gasteiger partial charge in [-0.05, 0) is 0 Å². The highest BCUT2D eigenvalue weighted by atomic mass is 28.2. The average molecular weight is 160 g/mol. The summed E-state index contributed by atoms with van der Waals surface area (Å²) in [5.41, 5.74) is 0.593. The van der Waals surface area contributed by atoms with Gasteiger partial charge < -0.3 is 9.16 Å². The minimum atomic E-state index is -0.611. The van der Waals surface area contributed by atoms with E-state index in [0.29, 0.717) is 12.0 Å². The van der Waals surface area contributed by atoms with Crippen molar-refractivity contribution in [3.63, 3.8) is 0 Å². The van der Waals surface area contributed by atoms with Gasteiger partial charge in [0.1, 0.15) is 0 Å². The molecular weight excluding hydrogens is 148 g/mol. The summed E-state index contributed by atoms with van der Waals surface area (Å²) in [5, 5.41) is 0. The van der Waals surface area contributed by atoms with Gasteiger partial charge in [0.05, 0.1) is 13.2 Å². The van der Waals surface area contributed by atoms with Crippen molar-refractivity contribution in [2.24, 2.45) is 0 Å². The minimum Gasteiger partial charge on any atom is -0.524 e. The number of rotatable bonds is 3. The Morgan fingerprint density at radius 2 is 2.50 bits per heavy atom. The SMILES string of the molecule is CCC(=O)O[SiH2]C1COC1. The zero-order valence-corrected chi connectivity index (χ0v) is 7.54. The Balaban J connectivity index is 1.98. The van der Waals surface area contributed by atoms with Crippen LogP contribution in [0.4, 0.5) is 0 Å². The second kappa shape index (κ2) is 3.73. The van der Waals surface area contributed by atoms with Gasteiger partial charge in [-0.3, -0.25) is 4.79 Å². The Morgan fingerprint density at radius 3 is 2.90 bits per heavy atom. The van der Waals surface area contributed by atoms with Gasteiger partial charge in [0, 0.05) is 12.0 Å². The second-order valence-electron chi connectivity index (χ2n) is 2.44.